The van der Waals surface area contributed by atoms with Crippen molar-refractivity contribution in [1.29, 1.82) is 0 Å². The van der Waals surface area contributed by atoms with Crippen molar-refractivity contribution < 1.29 is 22.2 Å². The maximum absolute atomic E-state index is 13.5. The van der Waals surface area contributed by atoms with Gasteiger partial charge in [-0.05, 0) is 45.2 Å². The van der Waals surface area contributed by atoms with E-state index in [0.717, 1.165) is 38.4 Å². The summed E-state index contributed by atoms with van der Waals surface area (Å²) in [6.45, 7) is 4.03. The minimum atomic E-state index is -3.66. The van der Waals surface area contributed by atoms with Crippen LogP contribution in [0.1, 0.15) is 71.1 Å². The number of piperidine rings is 1. The number of unbranched alkanes of at least 4 members (excludes halogenated alkanes) is 1. The Balaban J connectivity index is 1.85. The number of amides is 2. The highest BCUT2D eigenvalue weighted by atomic mass is 32.2. The van der Waals surface area contributed by atoms with Crippen molar-refractivity contribution >= 4 is 21.9 Å². The van der Waals surface area contributed by atoms with Crippen molar-refractivity contribution in [2.24, 2.45) is 0 Å². The van der Waals surface area contributed by atoms with E-state index in [1.165, 1.54) is 0 Å². The minimum absolute atomic E-state index is 0.0954. The topological polar surface area (TPSA) is 105 Å². The van der Waals surface area contributed by atoms with Crippen molar-refractivity contribution in [3.63, 3.8) is 0 Å². The summed E-state index contributed by atoms with van der Waals surface area (Å²) in [4.78, 5) is 28.5. The van der Waals surface area contributed by atoms with E-state index in [0.29, 0.717) is 45.3 Å². The fourth-order valence-corrected chi connectivity index (χ4v) is 6.08. The summed E-state index contributed by atoms with van der Waals surface area (Å²) in [5.74, 6) is -0.202. The van der Waals surface area contributed by atoms with Crippen molar-refractivity contribution in [3.8, 4) is 0 Å². The lowest BCUT2D eigenvalue weighted by Crippen LogP contribution is -2.73. The highest BCUT2D eigenvalue weighted by molar-refractivity contribution is 7.86. The quantitative estimate of drug-likeness (QED) is 0.591. The maximum atomic E-state index is 13.5. The monoisotopic (exact) mass is 429 g/mol. The summed E-state index contributed by atoms with van der Waals surface area (Å²) in [5.41, 5.74) is -1.69. The van der Waals surface area contributed by atoms with Crippen LogP contribution in [0.2, 0.25) is 0 Å². The number of hydrogen-bond donors (Lipinski definition) is 2. The van der Waals surface area contributed by atoms with Gasteiger partial charge < -0.3 is 15.5 Å². The summed E-state index contributed by atoms with van der Waals surface area (Å²) in [7, 11) is -3.66. The van der Waals surface area contributed by atoms with Crippen LogP contribution in [0, 0.1) is 0 Å². The molecule has 2 heterocycles. The predicted octanol–water partition coefficient (Wildman–Crippen LogP) is 1.30. The molecule has 1 spiro atoms. The third-order valence-corrected chi connectivity index (χ3v) is 7.30. The number of rotatable bonds is 7. The van der Waals surface area contributed by atoms with Crippen LogP contribution in [0.4, 0.5) is 0 Å². The molecule has 2 saturated heterocycles. The molecule has 8 nitrogen and oxygen atoms in total. The molecular formula is C20H35N3O5S. The van der Waals surface area contributed by atoms with Gasteiger partial charge in [0.25, 0.3) is 10.1 Å². The summed E-state index contributed by atoms with van der Waals surface area (Å²) in [5, 5.41) is 6.23. The smallest absolute Gasteiger partial charge is 0.264 e. The number of piperazine rings is 1. The molecule has 9 heteroatoms. The fraction of sp³-hybridized carbons (Fsp3) is 0.900. The van der Waals surface area contributed by atoms with E-state index in [1.54, 1.807) is 4.90 Å². The molecule has 0 unspecified atom stereocenters. The van der Waals surface area contributed by atoms with E-state index < -0.39 is 27.3 Å². The molecule has 29 heavy (non-hydrogen) atoms. The SMILES string of the molecule is CCCCN1C(=O)[C@@H](CC2(OS(C)(=O)=O)CCCCC2)NC(=O)C12CCNCC2. The lowest BCUT2D eigenvalue weighted by molar-refractivity contribution is -0.161. The van der Waals surface area contributed by atoms with Gasteiger partial charge in [0, 0.05) is 13.0 Å². The number of carbonyl (C=O) groups is 2. The third-order valence-electron chi connectivity index (χ3n) is 6.64. The van der Waals surface area contributed by atoms with Crippen molar-refractivity contribution in [2.75, 3.05) is 25.9 Å². The Morgan fingerprint density at radius 3 is 2.34 bits per heavy atom. The summed E-state index contributed by atoms with van der Waals surface area (Å²) >= 11 is 0. The van der Waals surface area contributed by atoms with Gasteiger partial charge in [-0.15, -0.1) is 0 Å². The summed E-state index contributed by atoms with van der Waals surface area (Å²) in [6.07, 6.45) is 8.17. The van der Waals surface area contributed by atoms with Crippen LogP contribution in [0.5, 0.6) is 0 Å². The molecule has 1 aliphatic carbocycles. The molecule has 2 aliphatic heterocycles. The molecule has 2 N–H and O–H groups in total. The van der Waals surface area contributed by atoms with E-state index >= 15 is 0 Å². The number of hydrogen-bond acceptors (Lipinski definition) is 6. The Morgan fingerprint density at radius 2 is 1.76 bits per heavy atom. The third kappa shape index (κ3) is 4.94. The van der Waals surface area contributed by atoms with E-state index in [9.17, 15) is 18.0 Å². The van der Waals surface area contributed by atoms with Crippen molar-refractivity contribution in [2.45, 2.75) is 88.3 Å². The predicted molar refractivity (Wildman–Crippen MR) is 110 cm³/mol. The minimum Gasteiger partial charge on any atom is -0.342 e. The molecule has 0 aromatic rings. The Kier molecular flexibility index (Phi) is 6.90. The Hall–Kier alpha value is -1.19. The molecule has 0 aromatic carbocycles. The zero-order valence-electron chi connectivity index (χ0n) is 17.7. The molecule has 166 valence electrons. The average molecular weight is 430 g/mol. The Morgan fingerprint density at radius 1 is 1.10 bits per heavy atom. The molecule has 3 aliphatic rings. The molecule has 1 saturated carbocycles. The molecular weight excluding hydrogens is 394 g/mol. The second kappa shape index (κ2) is 8.89. The highest BCUT2D eigenvalue weighted by Gasteiger charge is 2.54. The van der Waals surface area contributed by atoms with Crippen LogP contribution in [0.25, 0.3) is 0 Å². The van der Waals surface area contributed by atoms with Crippen LogP contribution in [-0.4, -0.2) is 68.2 Å². The van der Waals surface area contributed by atoms with Gasteiger partial charge in [-0.1, -0.05) is 32.6 Å². The molecule has 0 radical (unpaired) electrons. The molecule has 3 rings (SSSR count). The van der Waals surface area contributed by atoms with Crippen molar-refractivity contribution in [3.05, 3.63) is 0 Å². The van der Waals surface area contributed by atoms with Gasteiger partial charge in [-0.2, -0.15) is 8.42 Å². The fourth-order valence-electron chi connectivity index (χ4n) is 5.20. The van der Waals surface area contributed by atoms with Gasteiger partial charge in [0.05, 0.1) is 11.9 Å². The summed E-state index contributed by atoms with van der Waals surface area (Å²) in [6, 6.07) is -0.736. The normalized spacial score (nSPS) is 27.1. The maximum Gasteiger partial charge on any atom is 0.264 e. The Labute approximate surface area is 174 Å². The molecule has 0 bridgehead atoms. The first-order valence-electron chi connectivity index (χ1n) is 11.0. The average Bonchev–Trinajstić information content (AvgIpc) is 2.66. The van der Waals surface area contributed by atoms with Crippen LogP contribution in [0.3, 0.4) is 0 Å². The first kappa shape index (κ1) is 22.5. The number of nitrogens with zero attached hydrogens (tertiary/aromatic N) is 1. The van der Waals surface area contributed by atoms with Gasteiger partial charge in [0.1, 0.15) is 11.6 Å². The van der Waals surface area contributed by atoms with Gasteiger partial charge >= 0.3 is 0 Å². The zero-order chi connectivity index (χ0) is 21.1. The highest BCUT2D eigenvalue weighted by Crippen LogP contribution is 2.39. The lowest BCUT2D eigenvalue weighted by Gasteiger charge is -2.51. The summed E-state index contributed by atoms with van der Waals surface area (Å²) < 4.78 is 29.4. The van der Waals surface area contributed by atoms with Crippen LogP contribution in [0.15, 0.2) is 0 Å². The second-order valence-electron chi connectivity index (χ2n) is 8.89. The zero-order valence-corrected chi connectivity index (χ0v) is 18.5. The number of nitrogens with one attached hydrogen (secondary N) is 2. The first-order valence-corrected chi connectivity index (χ1v) is 12.8. The van der Waals surface area contributed by atoms with E-state index in [4.69, 9.17) is 4.18 Å². The standard InChI is InChI=1S/C20H35N3O5S/c1-3-4-14-23-17(24)16(22-18(25)20(23)10-12-21-13-11-20)15-19(28-29(2,26)27)8-6-5-7-9-19/h16,21H,3-15H2,1-2H3,(H,22,25)/t16-/m1/s1. The van der Waals surface area contributed by atoms with Gasteiger partial charge in [-0.25, -0.2) is 0 Å². The van der Waals surface area contributed by atoms with E-state index in [-0.39, 0.29) is 18.2 Å². The molecule has 1 atom stereocenters. The molecule has 0 aromatic heterocycles. The molecule has 3 fully saturated rings. The van der Waals surface area contributed by atoms with Crippen LogP contribution < -0.4 is 10.6 Å². The van der Waals surface area contributed by atoms with Crippen LogP contribution in [-0.2, 0) is 23.9 Å². The van der Waals surface area contributed by atoms with Crippen LogP contribution >= 0.6 is 0 Å². The van der Waals surface area contributed by atoms with Gasteiger partial charge in [-0.3, -0.25) is 13.8 Å². The largest absolute Gasteiger partial charge is 0.342 e. The van der Waals surface area contributed by atoms with E-state index in [2.05, 4.69) is 17.6 Å². The van der Waals surface area contributed by atoms with Gasteiger partial charge in [0.2, 0.25) is 11.8 Å². The van der Waals surface area contributed by atoms with Crippen molar-refractivity contribution in [1.82, 2.24) is 15.5 Å². The number of carbonyl (C=O) groups excluding carboxylic acids is 2. The van der Waals surface area contributed by atoms with E-state index in [1.807, 2.05) is 0 Å². The van der Waals surface area contributed by atoms with Gasteiger partial charge in [0.15, 0.2) is 0 Å². The first-order chi connectivity index (χ1) is 13.7. The molecule has 2 amide bonds. The second-order valence-corrected chi connectivity index (χ2v) is 10.5. The Bertz CT molecular complexity index is 712. The lowest BCUT2D eigenvalue weighted by atomic mass is 9.77.